The van der Waals surface area contributed by atoms with E-state index < -0.39 is 0 Å². The molecule has 0 aliphatic carbocycles. The zero-order valence-electron chi connectivity index (χ0n) is 14.0. The topological polar surface area (TPSA) is 61.4 Å². The summed E-state index contributed by atoms with van der Waals surface area (Å²) in [5, 5.41) is 17.4. The Hall–Kier alpha value is -3.01. The van der Waals surface area contributed by atoms with Gasteiger partial charge in [-0.25, -0.2) is 4.79 Å². The van der Waals surface area contributed by atoms with E-state index in [2.05, 4.69) is 28.8 Å². The van der Waals surface area contributed by atoms with E-state index >= 15 is 0 Å². The zero-order chi connectivity index (χ0) is 17.5. The zero-order valence-corrected chi connectivity index (χ0v) is 14.0. The van der Waals surface area contributed by atoms with Gasteiger partial charge in [0.15, 0.2) is 0 Å². The summed E-state index contributed by atoms with van der Waals surface area (Å²) in [6.45, 7) is 1.12. The summed E-state index contributed by atoms with van der Waals surface area (Å²) < 4.78 is 0. The molecule has 0 heterocycles. The van der Waals surface area contributed by atoms with E-state index in [1.54, 1.807) is 12.1 Å². The van der Waals surface area contributed by atoms with Crippen LogP contribution in [0.5, 0.6) is 5.75 Å². The molecule has 3 N–H and O–H groups in total. The molecule has 0 aliphatic heterocycles. The number of rotatable bonds is 6. The minimum Gasteiger partial charge on any atom is -0.508 e. The number of aromatic hydroxyl groups is 1. The SMILES string of the molecule is O=C(NCCCc1ccc(O)cc1)NCc1cccc2ccccc12. The fourth-order valence-corrected chi connectivity index (χ4v) is 2.84. The van der Waals surface area contributed by atoms with Gasteiger partial charge in [0.05, 0.1) is 0 Å². The number of amides is 2. The standard InChI is InChI=1S/C21H22N2O2/c24-19-12-10-16(11-13-19)5-4-14-22-21(25)23-15-18-8-3-7-17-6-1-2-9-20(17)18/h1-3,6-13,24H,4-5,14-15H2,(H2,22,23,25). The summed E-state index contributed by atoms with van der Waals surface area (Å²) >= 11 is 0. The van der Waals surface area contributed by atoms with Gasteiger partial charge in [-0.2, -0.15) is 0 Å². The van der Waals surface area contributed by atoms with Gasteiger partial charge in [0.2, 0.25) is 0 Å². The molecule has 2 amide bonds. The number of phenolic OH excluding ortho intramolecular Hbond substituents is 1. The lowest BCUT2D eigenvalue weighted by atomic mass is 10.0. The molecule has 0 unspecified atom stereocenters. The summed E-state index contributed by atoms with van der Waals surface area (Å²) in [5.74, 6) is 0.273. The maximum absolute atomic E-state index is 12.0. The van der Waals surface area contributed by atoms with Gasteiger partial charge < -0.3 is 15.7 Å². The molecule has 0 bridgehead atoms. The van der Waals surface area contributed by atoms with Gasteiger partial charge in [-0.05, 0) is 46.9 Å². The van der Waals surface area contributed by atoms with Crippen molar-refractivity contribution in [1.29, 1.82) is 0 Å². The third-order valence-corrected chi connectivity index (χ3v) is 4.18. The third-order valence-electron chi connectivity index (χ3n) is 4.18. The number of carbonyl (C=O) groups is 1. The maximum Gasteiger partial charge on any atom is 0.315 e. The second-order valence-electron chi connectivity index (χ2n) is 6.02. The third kappa shape index (κ3) is 4.73. The molecular formula is C21H22N2O2. The van der Waals surface area contributed by atoms with Crippen LogP contribution in [0.1, 0.15) is 17.5 Å². The molecule has 3 aromatic rings. The summed E-state index contributed by atoms with van der Waals surface area (Å²) in [7, 11) is 0. The van der Waals surface area contributed by atoms with Crippen LogP contribution in [0, 0.1) is 0 Å². The van der Waals surface area contributed by atoms with Gasteiger partial charge in [0.25, 0.3) is 0 Å². The van der Waals surface area contributed by atoms with Gasteiger partial charge in [0.1, 0.15) is 5.75 Å². The van der Waals surface area contributed by atoms with Crippen molar-refractivity contribution < 1.29 is 9.90 Å². The molecule has 3 aromatic carbocycles. The molecule has 4 heteroatoms. The maximum atomic E-state index is 12.0. The lowest BCUT2D eigenvalue weighted by Gasteiger charge is -2.10. The molecule has 0 aliphatic rings. The van der Waals surface area contributed by atoms with Crippen molar-refractivity contribution in [3.8, 4) is 5.75 Å². The highest BCUT2D eigenvalue weighted by molar-refractivity contribution is 5.86. The Kier molecular flexibility index (Phi) is 5.52. The first kappa shape index (κ1) is 16.8. The fourth-order valence-electron chi connectivity index (χ4n) is 2.84. The average molecular weight is 334 g/mol. The van der Waals surface area contributed by atoms with Crippen LogP contribution in [0.2, 0.25) is 0 Å². The molecule has 25 heavy (non-hydrogen) atoms. The predicted molar refractivity (Wildman–Crippen MR) is 101 cm³/mol. The van der Waals surface area contributed by atoms with Gasteiger partial charge in [-0.15, -0.1) is 0 Å². The molecule has 0 radical (unpaired) electrons. The number of fused-ring (bicyclic) bond motifs is 1. The van der Waals surface area contributed by atoms with E-state index in [0.29, 0.717) is 13.1 Å². The summed E-state index contributed by atoms with van der Waals surface area (Å²) in [5.41, 5.74) is 2.26. The van der Waals surface area contributed by atoms with Crippen LogP contribution in [0.25, 0.3) is 10.8 Å². The summed E-state index contributed by atoms with van der Waals surface area (Å²) in [4.78, 5) is 12.0. The Balaban J connectivity index is 1.42. The van der Waals surface area contributed by atoms with Crippen LogP contribution in [0.4, 0.5) is 4.79 Å². The van der Waals surface area contributed by atoms with E-state index in [1.807, 2.05) is 36.4 Å². The van der Waals surface area contributed by atoms with Gasteiger partial charge in [-0.3, -0.25) is 0 Å². The molecule has 0 spiro atoms. The molecular weight excluding hydrogens is 312 g/mol. The van der Waals surface area contributed by atoms with Crippen LogP contribution in [-0.2, 0) is 13.0 Å². The highest BCUT2D eigenvalue weighted by atomic mass is 16.3. The number of benzene rings is 3. The molecule has 0 atom stereocenters. The second-order valence-corrected chi connectivity index (χ2v) is 6.02. The van der Waals surface area contributed by atoms with Crippen molar-refractivity contribution in [2.45, 2.75) is 19.4 Å². The number of hydrogen-bond donors (Lipinski definition) is 3. The summed E-state index contributed by atoms with van der Waals surface area (Å²) in [6.07, 6.45) is 1.72. The molecule has 0 fully saturated rings. The van der Waals surface area contributed by atoms with Crippen LogP contribution >= 0.6 is 0 Å². The van der Waals surface area contributed by atoms with Gasteiger partial charge >= 0.3 is 6.03 Å². The normalized spacial score (nSPS) is 10.6. The number of nitrogens with one attached hydrogen (secondary N) is 2. The first-order valence-electron chi connectivity index (χ1n) is 8.48. The Morgan fingerprint density at radius 2 is 1.64 bits per heavy atom. The van der Waals surface area contributed by atoms with Crippen LogP contribution in [0.15, 0.2) is 66.7 Å². The van der Waals surface area contributed by atoms with E-state index in [0.717, 1.165) is 29.4 Å². The molecule has 0 saturated carbocycles. The molecule has 0 saturated heterocycles. The summed E-state index contributed by atoms with van der Waals surface area (Å²) in [6, 6.07) is 21.3. The Bertz CT molecular complexity index is 839. The lowest BCUT2D eigenvalue weighted by molar-refractivity contribution is 0.240. The van der Waals surface area contributed by atoms with Crippen LogP contribution < -0.4 is 10.6 Å². The van der Waals surface area contributed by atoms with Crippen molar-refractivity contribution in [1.82, 2.24) is 10.6 Å². The Labute approximate surface area is 147 Å². The van der Waals surface area contributed by atoms with Gasteiger partial charge in [-0.1, -0.05) is 54.6 Å². The first-order chi connectivity index (χ1) is 12.2. The quantitative estimate of drug-likeness (QED) is 0.597. The number of carbonyl (C=O) groups excluding carboxylic acids is 1. The minimum absolute atomic E-state index is 0.154. The molecule has 0 aromatic heterocycles. The van der Waals surface area contributed by atoms with E-state index in [1.165, 1.54) is 5.39 Å². The Morgan fingerprint density at radius 1 is 0.880 bits per heavy atom. The van der Waals surface area contributed by atoms with Crippen molar-refractivity contribution in [3.05, 3.63) is 77.9 Å². The lowest BCUT2D eigenvalue weighted by Crippen LogP contribution is -2.35. The number of urea groups is 1. The monoisotopic (exact) mass is 334 g/mol. The van der Waals surface area contributed by atoms with Crippen LogP contribution in [-0.4, -0.2) is 17.7 Å². The second kappa shape index (κ2) is 8.20. The highest BCUT2D eigenvalue weighted by Gasteiger charge is 2.03. The molecule has 128 valence electrons. The smallest absolute Gasteiger partial charge is 0.315 e. The van der Waals surface area contributed by atoms with Gasteiger partial charge in [0, 0.05) is 13.1 Å². The molecule has 4 nitrogen and oxygen atoms in total. The largest absolute Gasteiger partial charge is 0.508 e. The number of aryl methyl sites for hydroxylation is 1. The predicted octanol–water partition coefficient (Wildman–Crippen LogP) is 3.98. The van der Waals surface area contributed by atoms with E-state index in [9.17, 15) is 9.90 Å². The van der Waals surface area contributed by atoms with Crippen molar-refractivity contribution >= 4 is 16.8 Å². The van der Waals surface area contributed by atoms with E-state index in [4.69, 9.17) is 0 Å². The van der Waals surface area contributed by atoms with E-state index in [-0.39, 0.29) is 11.8 Å². The Morgan fingerprint density at radius 3 is 2.48 bits per heavy atom. The number of hydrogen-bond acceptors (Lipinski definition) is 2. The average Bonchev–Trinajstić information content (AvgIpc) is 2.65. The van der Waals surface area contributed by atoms with Crippen molar-refractivity contribution in [2.24, 2.45) is 0 Å². The van der Waals surface area contributed by atoms with Crippen molar-refractivity contribution in [2.75, 3.05) is 6.54 Å². The fraction of sp³-hybridized carbons (Fsp3) is 0.190. The minimum atomic E-state index is -0.154. The first-order valence-corrected chi connectivity index (χ1v) is 8.48. The van der Waals surface area contributed by atoms with Crippen molar-refractivity contribution in [3.63, 3.8) is 0 Å². The van der Waals surface area contributed by atoms with Crippen LogP contribution in [0.3, 0.4) is 0 Å². The highest BCUT2D eigenvalue weighted by Crippen LogP contribution is 2.18. The molecule has 3 rings (SSSR count). The number of phenols is 1.